The Morgan fingerprint density at radius 1 is 1.13 bits per heavy atom. The first-order valence-electron chi connectivity index (χ1n) is 5.70. The van der Waals surface area contributed by atoms with Gasteiger partial charge in [-0.1, -0.05) is 36.4 Å². The predicted molar refractivity (Wildman–Crippen MR) is 65.7 cm³/mol. The summed E-state index contributed by atoms with van der Waals surface area (Å²) >= 11 is 0. The predicted octanol–water partition coefficient (Wildman–Crippen LogP) is 3.18. The molecular formula is C14H19N. The minimum absolute atomic E-state index is 0.619. The van der Waals surface area contributed by atoms with Crippen molar-refractivity contribution in [2.24, 2.45) is 0 Å². The van der Waals surface area contributed by atoms with Crippen LogP contribution in [0.5, 0.6) is 0 Å². The Kier molecular flexibility index (Phi) is 3.22. The fraction of sp³-hybridized carbons (Fsp3) is 0.429. The van der Waals surface area contributed by atoms with Crippen molar-refractivity contribution in [1.29, 1.82) is 0 Å². The zero-order valence-electron chi connectivity index (χ0n) is 9.61. The molecule has 1 aliphatic carbocycles. The molecule has 1 aliphatic rings. The summed E-state index contributed by atoms with van der Waals surface area (Å²) in [5.74, 6) is 0. The Labute approximate surface area is 92.4 Å². The normalized spacial score (nSPS) is 21.5. The molecule has 0 bridgehead atoms. The summed E-state index contributed by atoms with van der Waals surface area (Å²) in [5, 5.41) is 0. The number of allylic oxidation sites excluding steroid dienone is 1. The highest BCUT2D eigenvalue weighted by atomic mass is 15.1. The van der Waals surface area contributed by atoms with Crippen LogP contribution in [0.2, 0.25) is 0 Å². The lowest BCUT2D eigenvalue weighted by molar-refractivity contribution is 0.318. The summed E-state index contributed by atoms with van der Waals surface area (Å²) in [4.78, 5) is 2.31. The molecule has 0 aliphatic heterocycles. The molecule has 15 heavy (non-hydrogen) atoms. The number of hydrogen-bond donors (Lipinski definition) is 0. The average molecular weight is 201 g/mol. The minimum atomic E-state index is 0.619. The molecule has 0 fully saturated rings. The second-order valence-corrected chi connectivity index (χ2v) is 4.48. The van der Waals surface area contributed by atoms with Crippen LogP contribution in [0.4, 0.5) is 0 Å². The van der Waals surface area contributed by atoms with Gasteiger partial charge in [0, 0.05) is 6.04 Å². The molecule has 0 heterocycles. The quantitative estimate of drug-likeness (QED) is 0.710. The summed E-state index contributed by atoms with van der Waals surface area (Å²) < 4.78 is 0. The maximum Gasteiger partial charge on any atom is 0.0278 e. The van der Waals surface area contributed by atoms with Gasteiger partial charge in [-0.3, -0.25) is 0 Å². The molecule has 1 atom stereocenters. The first-order chi connectivity index (χ1) is 7.27. The van der Waals surface area contributed by atoms with E-state index >= 15 is 0 Å². The third kappa shape index (κ3) is 2.48. The van der Waals surface area contributed by atoms with E-state index in [4.69, 9.17) is 0 Å². The van der Waals surface area contributed by atoms with Crippen LogP contribution in [0.3, 0.4) is 0 Å². The van der Waals surface area contributed by atoms with Gasteiger partial charge >= 0.3 is 0 Å². The van der Waals surface area contributed by atoms with Crippen molar-refractivity contribution in [2.45, 2.75) is 25.3 Å². The molecule has 0 spiro atoms. The minimum Gasteiger partial charge on any atom is -0.303 e. The van der Waals surface area contributed by atoms with Crippen LogP contribution >= 0.6 is 0 Å². The molecule has 1 heteroatoms. The van der Waals surface area contributed by atoms with Gasteiger partial charge in [0.2, 0.25) is 0 Å². The van der Waals surface area contributed by atoms with Crippen molar-refractivity contribution in [3.8, 4) is 0 Å². The second kappa shape index (κ2) is 4.63. The summed E-state index contributed by atoms with van der Waals surface area (Å²) in [6, 6.07) is 11.4. The number of likely N-dealkylation sites (N-methyl/N-ethyl adjacent to an activating group) is 1. The van der Waals surface area contributed by atoms with Gasteiger partial charge in [0.05, 0.1) is 0 Å². The highest BCUT2D eigenvalue weighted by molar-refractivity contribution is 5.66. The van der Waals surface area contributed by atoms with Crippen molar-refractivity contribution < 1.29 is 0 Å². The molecule has 0 unspecified atom stereocenters. The lowest BCUT2D eigenvalue weighted by atomic mass is 9.90. The van der Waals surface area contributed by atoms with Crippen LogP contribution in [-0.2, 0) is 0 Å². The monoisotopic (exact) mass is 201 g/mol. The lowest BCUT2D eigenvalue weighted by Gasteiger charge is -2.26. The van der Waals surface area contributed by atoms with Gasteiger partial charge < -0.3 is 4.90 Å². The zero-order chi connectivity index (χ0) is 10.7. The molecule has 80 valence electrons. The largest absolute Gasteiger partial charge is 0.303 e. The van der Waals surface area contributed by atoms with E-state index in [2.05, 4.69) is 55.4 Å². The molecule has 0 aromatic heterocycles. The van der Waals surface area contributed by atoms with Gasteiger partial charge in [0.25, 0.3) is 0 Å². The molecular weight excluding hydrogens is 182 g/mol. The van der Waals surface area contributed by atoms with E-state index in [0.29, 0.717) is 6.04 Å². The highest BCUT2D eigenvalue weighted by Gasteiger charge is 2.15. The fourth-order valence-corrected chi connectivity index (χ4v) is 2.20. The van der Waals surface area contributed by atoms with E-state index in [1.165, 1.54) is 30.4 Å². The molecule has 1 aromatic rings. The number of benzene rings is 1. The van der Waals surface area contributed by atoms with Crippen molar-refractivity contribution in [3.63, 3.8) is 0 Å². The molecule has 2 rings (SSSR count). The number of hydrogen-bond acceptors (Lipinski definition) is 1. The summed E-state index contributed by atoms with van der Waals surface area (Å²) in [5.41, 5.74) is 2.91. The van der Waals surface area contributed by atoms with Gasteiger partial charge in [0.1, 0.15) is 0 Å². The topological polar surface area (TPSA) is 3.24 Å². The fourth-order valence-electron chi connectivity index (χ4n) is 2.20. The molecule has 0 N–H and O–H groups in total. The molecule has 0 saturated carbocycles. The maximum atomic E-state index is 2.43. The number of rotatable bonds is 2. The standard InChI is InChI=1S/C14H19N/c1-15(2)14-10-6-9-13(11-14)12-7-4-3-5-8-12/h3-5,7-8,11,14H,6,9-10H2,1-2H3/t14-/m0/s1. The molecule has 1 nitrogen and oxygen atoms in total. The van der Waals surface area contributed by atoms with Crippen molar-refractivity contribution in [3.05, 3.63) is 42.0 Å². The summed E-state index contributed by atoms with van der Waals surface area (Å²) in [6.45, 7) is 0. The van der Waals surface area contributed by atoms with Crippen molar-refractivity contribution in [2.75, 3.05) is 14.1 Å². The SMILES string of the molecule is CN(C)[C@@H]1C=C(c2ccccc2)CCC1. The Bertz CT molecular complexity index is 338. The molecule has 0 saturated heterocycles. The van der Waals surface area contributed by atoms with Crippen LogP contribution in [-0.4, -0.2) is 25.0 Å². The van der Waals surface area contributed by atoms with E-state index < -0.39 is 0 Å². The van der Waals surface area contributed by atoms with Crippen LogP contribution in [0, 0.1) is 0 Å². The van der Waals surface area contributed by atoms with Crippen molar-refractivity contribution >= 4 is 5.57 Å². The van der Waals surface area contributed by atoms with E-state index in [-0.39, 0.29) is 0 Å². The van der Waals surface area contributed by atoms with Gasteiger partial charge in [-0.05, 0) is 44.5 Å². The lowest BCUT2D eigenvalue weighted by Crippen LogP contribution is -2.27. The van der Waals surface area contributed by atoms with Crippen molar-refractivity contribution in [1.82, 2.24) is 4.90 Å². The summed E-state index contributed by atoms with van der Waals surface area (Å²) in [7, 11) is 4.32. The Hall–Kier alpha value is -1.08. The van der Waals surface area contributed by atoms with Crippen LogP contribution in [0.25, 0.3) is 5.57 Å². The Morgan fingerprint density at radius 3 is 2.53 bits per heavy atom. The third-order valence-electron chi connectivity index (χ3n) is 3.15. The smallest absolute Gasteiger partial charge is 0.0278 e. The first kappa shape index (κ1) is 10.4. The van der Waals surface area contributed by atoms with Gasteiger partial charge in [-0.15, -0.1) is 0 Å². The summed E-state index contributed by atoms with van der Waals surface area (Å²) in [6.07, 6.45) is 6.26. The van der Waals surface area contributed by atoms with E-state index in [0.717, 1.165) is 0 Å². The van der Waals surface area contributed by atoms with E-state index in [1.54, 1.807) is 0 Å². The maximum absolute atomic E-state index is 2.43. The van der Waals surface area contributed by atoms with Crippen LogP contribution in [0.15, 0.2) is 36.4 Å². The highest BCUT2D eigenvalue weighted by Crippen LogP contribution is 2.27. The first-order valence-corrected chi connectivity index (χ1v) is 5.70. The van der Waals surface area contributed by atoms with Gasteiger partial charge in [0.15, 0.2) is 0 Å². The third-order valence-corrected chi connectivity index (χ3v) is 3.15. The average Bonchev–Trinajstić information content (AvgIpc) is 2.30. The van der Waals surface area contributed by atoms with Gasteiger partial charge in [-0.25, -0.2) is 0 Å². The second-order valence-electron chi connectivity index (χ2n) is 4.48. The zero-order valence-corrected chi connectivity index (χ0v) is 9.61. The molecule has 1 aromatic carbocycles. The number of nitrogens with zero attached hydrogens (tertiary/aromatic N) is 1. The molecule has 0 amide bonds. The Balaban J connectivity index is 2.22. The molecule has 0 radical (unpaired) electrons. The van der Waals surface area contributed by atoms with E-state index in [1.807, 2.05) is 0 Å². The van der Waals surface area contributed by atoms with Crippen LogP contribution in [0.1, 0.15) is 24.8 Å². The Morgan fingerprint density at radius 2 is 1.87 bits per heavy atom. The van der Waals surface area contributed by atoms with E-state index in [9.17, 15) is 0 Å². The van der Waals surface area contributed by atoms with Gasteiger partial charge in [-0.2, -0.15) is 0 Å². The van der Waals surface area contributed by atoms with Crippen LogP contribution < -0.4 is 0 Å².